The fourth-order valence-corrected chi connectivity index (χ4v) is 7.28. The number of aliphatic hydroxyl groups excluding tert-OH is 1. The maximum atomic E-state index is 14.5. The van der Waals surface area contributed by atoms with Crippen LogP contribution in [0.1, 0.15) is 30.9 Å². The van der Waals surface area contributed by atoms with Crippen molar-refractivity contribution in [1.29, 1.82) is 0 Å². The van der Waals surface area contributed by atoms with E-state index in [1.54, 1.807) is 29.2 Å². The first-order valence-electron chi connectivity index (χ1n) is 14.1. The van der Waals surface area contributed by atoms with Crippen molar-refractivity contribution < 1.29 is 32.6 Å². The van der Waals surface area contributed by atoms with Crippen molar-refractivity contribution in [2.75, 3.05) is 64.9 Å². The van der Waals surface area contributed by atoms with E-state index < -0.39 is 38.9 Å². The first-order chi connectivity index (χ1) is 20.1. The van der Waals surface area contributed by atoms with E-state index in [1.807, 2.05) is 25.9 Å². The summed E-state index contributed by atoms with van der Waals surface area (Å²) in [6.45, 7) is 3.93. The highest BCUT2D eigenvalue weighted by Gasteiger charge is 2.66. The second kappa shape index (κ2) is 11.6. The number of carbonyl (C=O) groups is 3. The molecule has 1 N–H and O–H groups in total. The number of amides is 2. The van der Waals surface area contributed by atoms with Crippen LogP contribution in [0.15, 0.2) is 59.0 Å². The molecule has 5 rings (SSSR count). The zero-order valence-corrected chi connectivity index (χ0v) is 24.9. The van der Waals surface area contributed by atoms with E-state index in [-0.39, 0.29) is 35.7 Å². The quantitative estimate of drug-likeness (QED) is 0.265. The highest BCUT2D eigenvalue weighted by molar-refractivity contribution is 7.89. The van der Waals surface area contributed by atoms with Crippen LogP contribution >= 0.6 is 0 Å². The zero-order chi connectivity index (χ0) is 30.2. The molecular formula is C30H36N4O7S. The third-order valence-corrected chi connectivity index (χ3v) is 9.96. The number of para-hydroxylation sites is 1. The van der Waals surface area contributed by atoms with Gasteiger partial charge in [-0.2, -0.15) is 4.31 Å². The number of benzene rings is 2. The van der Waals surface area contributed by atoms with Gasteiger partial charge >= 0.3 is 0 Å². The average Bonchev–Trinajstić information content (AvgIpc) is 3.37. The Kier molecular flexibility index (Phi) is 8.26. The van der Waals surface area contributed by atoms with Crippen LogP contribution in [0.4, 0.5) is 5.69 Å². The van der Waals surface area contributed by atoms with Crippen molar-refractivity contribution in [3.8, 4) is 0 Å². The Labute approximate surface area is 246 Å². The molecule has 2 aromatic rings. The minimum atomic E-state index is -3.79. The van der Waals surface area contributed by atoms with Crippen LogP contribution in [-0.2, 0) is 34.7 Å². The number of likely N-dealkylation sites (tertiary alicyclic amines) is 1. The van der Waals surface area contributed by atoms with Gasteiger partial charge in [-0.15, -0.1) is 0 Å². The normalized spacial score (nSPS) is 22.5. The molecule has 0 aromatic heterocycles. The number of sulfonamides is 1. The molecule has 2 saturated heterocycles. The van der Waals surface area contributed by atoms with Gasteiger partial charge in [-0.05, 0) is 50.8 Å². The summed E-state index contributed by atoms with van der Waals surface area (Å²) < 4.78 is 32.9. The molecule has 0 saturated carbocycles. The molecular weight excluding hydrogens is 560 g/mol. The number of hydrogen-bond acceptors (Lipinski definition) is 8. The number of rotatable bonds is 9. The van der Waals surface area contributed by atoms with Crippen LogP contribution in [0.3, 0.4) is 0 Å². The van der Waals surface area contributed by atoms with Crippen LogP contribution < -0.4 is 4.90 Å². The lowest BCUT2D eigenvalue weighted by atomic mass is 9.82. The summed E-state index contributed by atoms with van der Waals surface area (Å²) in [5.74, 6) is -2.83. The minimum absolute atomic E-state index is 0.0233. The standard InChI is InChI=1S/C30H36N4O7S/c1-4-5-14-33-24-9-7-6-8-23(24)30(29(33)38)25(27(36)28(37)34(30)16-15-31(2)3)26(35)21-10-12-22(13-11-21)42(39,40)32-17-19-41-20-18-32/h6-13,35H,4-5,14-20H2,1-3H3/b26-25+. The van der Waals surface area contributed by atoms with Gasteiger partial charge in [0, 0.05) is 43.9 Å². The summed E-state index contributed by atoms with van der Waals surface area (Å²) in [5, 5.41) is 11.7. The first-order valence-corrected chi connectivity index (χ1v) is 15.5. The molecule has 2 aromatic carbocycles. The van der Waals surface area contributed by atoms with Gasteiger partial charge in [-0.25, -0.2) is 8.42 Å². The number of fused-ring (bicyclic) bond motifs is 2. The van der Waals surface area contributed by atoms with Crippen molar-refractivity contribution >= 4 is 39.1 Å². The molecule has 3 aliphatic rings. The van der Waals surface area contributed by atoms with E-state index in [2.05, 4.69) is 0 Å². The number of hydrogen-bond donors (Lipinski definition) is 1. The summed E-state index contributed by atoms with van der Waals surface area (Å²) in [6, 6.07) is 12.5. The third kappa shape index (κ3) is 4.72. The molecule has 2 amide bonds. The number of likely N-dealkylation sites (N-methyl/N-ethyl adjacent to an activating group) is 1. The summed E-state index contributed by atoms with van der Waals surface area (Å²) in [7, 11) is -0.139. The average molecular weight is 597 g/mol. The predicted octanol–water partition coefficient (Wildman–Crippen LogP) is 1.99. The predicted molar refractivity (Wildman–Crippen MR) is 156 cm³/mol. The number of unbranched alkanes of at least 4 members (excludes halogenated alkanes) is 1. The lowest BCUT2D eigenvalue weighted by molar-refractivity contribution is -0.143. The summed E-state index contributed by atoms with van der Waals surface area (Å²) >= 11 is 0. The molecule has 11 nitrogen and oxygen atoms in total. The monoisotopic (exact) mass is 596 g/mol. The third-order valence-electron chi connectivity index (χ3n) is 8.05. The Morgan fingerprint density at radius 3 is 2.31 bits per heavy atom. The smallest absolute Gasteiger partial charge is 0.296 e. The van der Waals surface area contributed by atoms with Crippen molar-refractivity contribution in [3.63, 3.8) is 0 Å². The van der Waals surface area contributed by atoms with Crippen molar-refractivity contribution in [3.05, 3.63) is 65.2 Å². The number of nitrogens with zero attached hydrogens (tertiary/aromatic N) is 4. The summed E-state index contributed by atoms with van der Waals surface area (Å²) in [5.41, 5.74) is -0.996. The maximum Gasteiger partial charge on any atom is 0.296 e. The Morgan fingerprint density at radius 2 is 1.67 bits per heavy atom. The lowest BCUT2D eigenvalue weighted by Gasteiger charge is -2.35. The molecule has 224 valence electrons. The Morgan fingerprint density at radius 1 is 1.00 bits per heavy atom. The first kappa shape index (κ1) is 29.9. The highest BCUT2D eigenvalue weighted by Crippen LogP contribution is 2.53. The van der Waals surface area contributed by atoms with Gasteiger partial charge in [0.25, 0.3) is 17.6 Å². The molecule has 1 atom stereocenters. The van der Waals surface area contributed by atoms with Gasteiger partial charge in [0.05, 0.1) is 29.4 Å². The van der Waals surface area contributed by atoms with E-state index in [4.69, 9.17) is 4.74 Å². The van der Waals surface area contributed by atoms with Crippen LogP contribution in [0.25, 0.3) is 5.76 Å². The molecule has 3 aliphatic heterocycles. The Hall–Kier alpha value is -3.58. The number of ether oxygens (including phenoxy) is 1. The van der Waals surface area contributed by atoms with E-state index >= 15 is 0 Å². The number of carbonyl (C=O) groups excluding carboxylic acids is 3. The van der Waals surface area contributed by atoms with Gasteiger partial charge in [0.15, 0.2) is 5.54 Å². The lowest BCUT2D eigenvalue weighted by Crippen LogP contribution is -2.53. The van der Waals surface area contributed by atoms with E-state index in [1.165, 1.54) is 33.5 Å². The number of ketones is 1. The summed E-state index contributed by atoms with van der Waals surface area (Å²) in [6.07, 6.45) is 1.54. The van der Waals surface area contributed by atoms with Gasteiger partial charge in [0.2, 0.25) is 10.0 Å². The van der Waals surface area contributed by atoms with Gasteiger partial charge in [-0.1, -0.05) is 31.5 Å². The van der Waals surface area contributed by atoms with Crippen LogP contribution in [0, 0.1) is 0 Å². The van der Waals surface area contributed by atoms with Gasteiger partial charge in [0.1, 0.15) is 5.76 Å². The van der Waals surface area contributed by atoms with E-state index in [0.717, 1.165) is 6.42 Å². The second-order valence-corrected chi connectivity index (χ2v) is 12.8. The molecule has 1 unspecified atom stereocenters. The molecule has 12 heteroatoms. The van der Waals surface area contributed by atoms with Crippen LogP contribution in [-0.4, -0.2) is 105 Å². The van der Waals surface area contributed by atoms with E-state index in [0.29, 0.717) is 44.0 Å². The Bertz CT molecular complexity index is 1530. The SMILES string of the molecule is CCCCN1C(=O)C2(/C(=C(/O)c3ccc(S(=O)(=O)N4CCOCC4)cc3)C(=O)C(=O)N2CCN(C)C)c2ccccc21. The number of morpholine rings is 1. The fraction of sp³-hybridized carbons (Fsp3) is 0.433. The summed E-state index contributed by atoms with van der Waals surface area (Å²) in [4.78, 5) is 46.6. The van der Waals surface area contributed by atoms with Gasteiger partial charge < -0.3 is 24.5 Å². The molecule has 2 fully saturated rings. The van der Waals surface area contributed by atoms with E-state index in [9.17, 15) is 27.9 Å². The maximum absolute atomic E-state index is 14.5. The van der Waals surface area contributed by atoms with Crippen LogP contribution in [0.2, 0.25) is 0 Å². The number of aliphatic hydroxyl groups is 1. The molecule has 3 heterocycles. The second-order valence-electron chi connectivity index (χ2n) is 10.9. The highest BCUT2D eigenvalue weighted by atomic mass is 32.2. The minimum Gasteiger partial charge on any atom is -0.507 e. The number of anilines is 1. The molecule has 0 radical (unpaired) electrons. The largest absolute Gasteiger partial charge is 0.507 e. The molecule has 1 spiro atoms. The topological polar surface area (TPSA) is 128 Å². The van der Waals surface area contributed by atoms with Crippen molar-refractivity contribution in [2.24, 2.45) is 0 Å². The fourth-order valence-electron chi connectivity index (χ4n) is 5.87. The Balaban J connectivity index is 1.66. The molecule has 42 heavy (non-hydrogen) atoms. The zero-order valence-electron chi connectivity index (χ0n) is 24.1. The number of Topliss-reactive ketones (excluding diaryl/α,β-unsaturated/α-hetero) is 1. The molecule has 0 bridgehead atoms. The van der Waals surface area contributed by atoms with Crippen LogP contribution in [0.5, 0.6) is 0 Å². The molecule has 0 aliphatic carbocycles. The van der Waals surface area contributed by atoms with Crippen molar-refractivity contribution in [2.45, 2.75) is 30.2 Å². The van der Waals surface area contributed by atoms with Crippen molar-refractivity contribution in [1.82, 2.24) is 14.1 Å². The van der Waals surface area contributed by atoms with Gasteiger partial charge in [-0.3, -0.25) is 14.4 Å².